The van der Waals surface area contributed by atoms with Crippen molar-refractivity contribution < 1.29 is 35.6 Å². The summed E-state index contributed by atoms with van der Waals surface area (Å²) in [4.78, 5) is 17.5. The van der Waals surface area contributed by atoms with Crippen LogP contribution in [0.3, 0.4) is 0 Å². The van der Waals surface area contributed by atoms with Crippen LogP contribution in [0.4, 0.5) is 0 Å². The minimum absolute atomic E-state index is 0. The molecule has 0 amide bonds. The average molecular weight is 1290 g/mol. The molecule has 9 heteroatoms. The van der Waals surface area contributed by atoms with Crippen LogP contribution in [-0.4, -0.2) is 37.1 Å². The van der Waals surface area contributed by atoms with Crippen LogP contribution < -0.4 is 5.46 Å². The Morgan fingerprint density at radius 1 is 0.398 bits per heavy atom. The molecule has 83 heavy (non-hydrogen) atoms. The van der Waals surface area contributed by atoms with E-state index in [0.29, 0.717) is 21.9 Å². The van der Waals surface area contributed by atoms with Crippen molar-refractivity contribution in [1.82, 2.24) is 19.9 Å². The van der Waals surface area contributed by atoms with Crippen LogP contribution in [0.1, 0.15) is 77.4 Å². The van der Waals surface area contributed by atoms with Crippen molar-refractivity contribution in [3.63, 3.8) is 0 Å². The van der Waals surface area contributed by atoms with Crippen LogP contribution in [0.25, 0.3) is 67.2 Å². The molecule has 0 saturated heterocycles. The van der Waals surface area contributed by atoms with E-state index in [-0.39, 0.29) is 44.3 Å². The van der Waals surface area contributed by atoms with Crippen LogP contribution in [0.15, 0.2) is 243 Å². The Labute approximate surface area is 514 Å². The van der Waals surface area contributed by atoms with Gasteiger partial charge in [-0.05, 0) is 177 Å². The van der Waals surface area contributed by atoms with E-state index in [1.807, 2.05) is 66.9 Å². The van der Waals surface area contributed by atoms with Gasteiger partial charge in [0.15, 0.2) is 0 Å². The summed E-state index contributed by atoms with van der Waals surface area (Å²) in [6, 6.07) is 69.9. The number of halogens is 1. The van der Waals surface area contributed by atoms with Gasteiger partial charge < -0.3 is 20.0 Å². The Morgan fingerprint density at radius 3 is 1.46 bits per heavy atom. The number of rotatable bonds is 7. The number of fused-ring (bicyclic) bond motifs is 3. The minimum Gasteiger partial charge on any atom is -0.423 e. The van der Waals surface area contributed by atoms with Crippen molar-refractivity contribution >= 4 is 24.2 Å². The number of nitrogens with zero attached hydrogens (tertiary/aromatic N) is 4. The topological polar surface area (TPSA) is 92.0 Å². The summed E-state index contributed by atoms with van der Waals surface area (Å²) in [7, 11) is -1.41. The fourth-order valence-corrected chi connectivity index (χ4v) is 10.6. The molecule has 1 radical (unpaired) electrons. The Bertz CT molecular complexity index is 3880. The van der Waals surface area contributed by atoms with Crippen molar-refractivity contribution in [2.45, 2.75) is 77.0 Å². The summed E-state index contributed by atoms with van der Waals surface area (Å²) in [5.74, 6) is 0. The van der Waals surface area contributed by atoms with Gasteiger partial charge in [-0.3, -0.25) is 4.98 Å². The summed E-state index contributed by atoms with van der Waals surface area (Å²) in [6.45, 7) is 0. The van der Waals surface area contributed by atoms with Crippen molar-refractivity contribution in [3.05, 3.63) is 294 Å². The fourth-order valence-electron chi connectivity index (χ4n) is 10.4. The zero-order valence-corrected chi connectivity index (χ0v) is 49.4. The first-order chi connectivity index (χ1) is 42.0. The molecule has 0 fully saturated rings. The number of aromatic nitrogens is 4. The molecule has 4 heterocycles. The quantitative estimate of drug-likeness (QED) is 0.0938. The normalized spacial score (nSPS) is 13.2. The van der Waals surface area contributed by atoms with Gasteiger partial charge in [-0.2, -0.15) is 0 Å². The van der Waals surface area contributed by atoms with Crippen molar-refractivity contribution in [1.29, 1.82) is 0 Å². The van der Waals surface area contributed by atoms with Crippen LogP contribution in [0.2, 0.25) is 5.15 Å². The van der Waals surface area contributed by atoms with E-state index in [1.54, 1.807) is 36.5 Å². The number of hydrogen-bond acceptors (Lipinski definition) is 6. The van der Waals surface area contributed by atoms with Crippen LogP contribution >= 0.6 is 11.6 Å². The van der Waals surface area contributed by atoms with Gasteiger partial charge in [0.1, 0.15) is 5.15 Å². The molecule has 415 valence electrons. The summed E-state index contributed by atoms with van der Waals surface area (Å²) >= 11 is 5.77. The molecular weight excluding hydrogens is 1220 g/mol. The van der Waals surface area contributed by atoms with Crippen molar-refractivity contribution in [2.75, 3.05) is 0 Å². The summed E-state index contributed by atoms with van der Waals surface area (Å²) in [6.07, 6.45) is 22.5. The van der Waals surface area contributed by atoms with E-state index in [4.69, 9.17) is 32.1 Å². The molecule has 0 saturated carbocycles. The van der Waals surface area contributed by atoms with Crippen molar-refractivity contribution in [3.8, 4) is 67.2 Å². The van der Waals surface area contributed by atoms with E-state index in [2.05, 4.69) is 143 Å². The maximum atomic E-state index is 9.05. The number of pyridine rings is 4. The number of hydrogen-bond donors (Lipinski definition) is 2. The van der Waals surface area contributed by atoms with Gasteiger partial charge in [-0.25, -0.2) is 4.98 Å². The third kappa shape index (κ3) is 17.1. The standard InChI is InChI=1S/C21H19N.C21H18N.C12H11BO2.C11H8N.C9H10ClN.Ir/c2*1-2-7-16(8-3-1)17-11-6-12-19(13-17)21-14-18-9-4-5-10-20(18)15-22-21;14-13(15)12-8-4-7-11(9-12)10-5-2-1-3-6-10;1-2-6-10(7-3-1)11-8-4-5-9-12-11;10-9-5-7-3-1-2-4-8(7)6-11-9;/h1-3,6-8,11-15H,4-5,9-10H2;1-3,6-8,11,13-15H,4-5,9-10H2;1-9,14-15H;1-6,8-9H;5-6H,1-4H2;/q;-1;;-1;;/i;;;1D,2D,3D,6D;;. The van der Waals surface area contributed by atoms with Gasteiger partial charge in [-0.1, -0.05) is 169 Å². The number of aryl methyl sites for hydroxylation is 6. The van der Waals surface area contributed by atoms with Gasteiger partial charge in [0.25, 0.3) is 0 Å². The molecule has 4 aromatic heterocycles. The Morgan fingerprint density at radius 2 is 0.880 bits per heavy atom. The van der Waals surface area contributed by atoms with Gasteiger partial charge in [0.2, 0.25) is 0 Å². The Hall–Kier alpha value is -7.94. The zero-order chi connectivity index (χ0) is 59.6. The molecular formula is C74H66BClIrN4O2-2. The monoisotopic (exact) mass is 1290 g/mol. The predicted octanol–water partition coefficient (Wildman–Crippen LogP) is 16.6. The third-order valence-corrected chi connectivity index (χ3v) is 15.0. The number of benzene rings is 7. The molecule has 3 aliphatic carbocycles. The van der Waals surface area contributed by atoms with Crippen LogP contribution in [0, 0.1) is 12.1 Å². The molecule has 0 atom stereocenters. The molecule has 6 nitrogen and oxygen atoms in total. The first-order valence-electron chi connectivity index (χ1n) is 30.3. The molecule has 7 aromatic carbocycles. The summed E-state index contributed by atoms with van der Waals surface area (Å²) in [5.41, 5.74) is 21.3. The first-order valence-corrected chi connectivity index (χ1v) is 28.7. The van der Waals surface area contributed by atoms with E-state index in [1.165, 1.54) is 138 Å². The van der Waals surface area contributed by atoms with Gasteiger partial charge in [0, 0.05) is 53.2 Å². The van der Waals surface area contributed by atoms with Crippen LogP contribution in [0.5, 0.6) is 0 Å². The van der Waals surface area contributed by atoms with Crippen LogP contribution in [-0.2, 0) is 58.6 Å². The second-order valence-corrected chi connectivity index (χ2v) is 20.8. The van der Waals surface area contributed by atoms with Gasteiger partial charge in [0.05, 0.1) is 5.69 Å². The molecule has 2 N–H and O–H groups in total. The Balaban J connectivity index is 0.000000132. The first kappa shape index (κ1) is 54.3. The van der Waals surface area contributed by atoms with E-state index in [0.717, 1.165) is 28.1 Å². The maximum Gasteiger partial charge on any atom is 0.488 e. The van der Waals surface area contributed by atoms with Crippen molar-refractivity contribution in [2.24, 2.45) is 0 Å². The second kappa shape index (κ2) is 30.9. The summed E-state index contributed by atoms with van der Waals surface area (Å²) < 4.78 is 30.1. The second-order valence-electron chi connectivity index (χ2n) is 20.5. The third-order valence-electron chi connectivity index (χ3n) is 14.8. The van der Waals surface area contributed by atoms with E-state index < -0.39 is 7.12 Å². The molecule has 0 aliphatic heterocycles. The summed E-state index contributed by atoms with van der Waals surface area (Å²) in [5, 5.41) is 18.7. The largest absolute Gasteiger partial charge is 0.488 e. The van der Waals surface area contributed by atoms with Gasteiger partial charge in [-0.15, -0.1) is 71.2 Å². The predicted molar refractivity (Wildman–Crippen MR) is 338 cm³/mol. The van der Waals surface area contributed by atoms with Gasteiger partial charge >= 0.3 is 7.12 Å². The molecule has 0 spiro atoms. The smallest absolute Gasteiger partial charge is 0.423 e. The average Bonchev–Trinajstić information content (AvgIpc) is 3.76. The molecule has 0 unspecified atom stereocenters. The minimum atomic E-state index is -1.41. The molecule has 11 aromatic rings. The molecule has 0 bridgehead atoms. The van der Waals surface area contributed by atoms with E-state index in [9.17, 15) is 0 Å². The molecule has 14 rings (SSSR count). The zero-order valence-electron chi connectivity index (χ0n) is 50.2. The Kier molecular flexibility index (Phi) is 20.2. The fraction of sp³-hybridized carbons (Fsp3) is 0.162. The maximum absolute atomic E-state index is 9.05. The SMILES string of the molecule is Clc1cc2c(cn1)CCCC2.OB(O)c1cccc(-c2ccccc2)c1.[2H]c1[c-]c(-c2ccccn2)c([2H])c([2H])c1[2H].[Ir].[c-]1ccc(-c2ccccc2)cc1-c1cc2c(cn1)CCCC2.c1ccc(-c2cccc(-c3cc4c(cn3)CCCC4)c2)cc1. The molecule has 3 aliphatic rings. The van der Waals surface area contributed by atoms with E-state index >= 15 is 0 Å².